The molecule has 5 nitrogen and oxygen atoms in total. The molecule has 1 atom stereocenters. The number of fused-ring (bicyclic) bond motifs is 1. The number of benzene rings is 2. The zero-order valence-corrected chi connectivity index (χ0v) is 15.1. The molecule has 3 rings (SSSR count). The Hall–Kier alpha value is -1.54. The normalized spacial score (nSPS) is 17.2. The Balaban J connectivity index is 1.78. The van der Waals surface area contributed by atoms with Crippen LogP contribution in [0.3, 0.4) is 0 Å². The van der Waals surface area contributed by atoms with Gasteiger partial charge in [0.1, 0.15) is 0 Å². The van der Waals surface area contributed by atoms with E-state index in [2.05, 4.69) is 10.0 Å². The van der Waals surface area contributed by atoms with E-state index in [9.17, 15) is 13.2 Å². The number of halogens is 1. The number of thioether (sulfide) groups is 1. The van der Waals surface area contributed by atoms with Crippen LogP contribution in [0.25, 0.3) is 0 Å². The van der Waals surface area contributed by atoms with Gasteiger partial charge in [0.05, 0.1) is 15.8 Å². The third-order valence-electron chi connectivity index (χ3n) is 3.57. The SMILES string of the molecule is C[C@H]1Sc2ccc(S(=O)(=O)NCc3ccc(Cl)cc3)cc2NC1=O. The van der Waals surface area contributed by atoms with Crippen LogP contribution in [0.15, 0.2) is 52.3 Å². The number of anilines is 1. The molecule has 0 bridgehead atoms. The van der Waals surface area contributed by atoms with Gasteiger partial charge in [0.2, 0.25) is 15.9 Å². The quantitative estimate of drug-likeness (QED) is 0.851. The van der Waals surface area contributed by atoms with Gasteiger partial charge in [-0.1, -0.05) is 23.7 Å². The summed E-state index contributed by atoms with van der Waals surface area (Å²) in [5, 5.41) is 3.14. The summed E-state index contributed by atoms with van der Waals surface area (Å²) in [7, 11) is -3.68. The fraction of sp³-hybridized carbons (Fsp3) is 0.188. The van der Waals surface area contributed by atoms with Crippen LogP contribution in [0.1, 0.15) is 12.5 Å². The van der Waals surface area contributed by atoms with E-state index in [1.807, 2.05) is 0 Å². The second-order valence-electron chi connectivity index (χ2n) is 5.36. The summed E-state index contributed by atoms with van der Waals surface area (Å²) in [4.78, 5) is 12.7. The van der Waals surface area contributed by atoms with Crippen LogP contribution in [0.4, 0.5) is 5.69 Å². The van der Waals surface area contributed by atoms with Gasteiger partial charge < -0.3 is 5.32 Å². The molecule has 126 valence electrons. The van der Waals surface area contributed by atoms with Gasteiger partial charge in [0.15, 0.2) is 0 Å². The maximum absolute atomic E-state index is 12.4. The second-order valence-corrected chi connectivity index (χ2v) is 8.94. The molecule has 1 heterocycles. The van der Waals surface area contributed by atoms with E-state index >= 15 is 0 Å². The van der Waals surface area contributed by atoms with E-state index < -0.39 is 10.0 Å². The highest BCUT2D eigenvalue weighted by atomic mass is 35.5. The second kappa shape index (κ2) is 6.76. The highest BCUT2D eigenvalue weighted by Gasteiger charge is 2.25. The molecule has 0 radical (unpaired) electrons. The van der Waals surface area contributed by atoms with Gasteiger partial charge in [0.25, 0.3) is 0 Å². The van der Waals surface area contributed by atoms with Crippen molar-refractivity contribution in [3.05, 3.63) is 53.1 Å². The van der Waals surface area contributed by atoms with Crippen molar-refractivity contribution in [2.24, 2.45) is 0 Å². The number of carbonyl (C=O) groups is 1. The Bertz CT molecular complexity index is 883. The Labute approximate surface area is 149 Å². The lowest BCUT2D eigenvalue weighted by Crippen LogP contribution is -2.27. The van der Waals surface area contributed by atoms with E-state index in [4.69, 9.17) is 11.6 Å². The average molecular weight is 383 g/mol. The maximum atomic E-state index is 12.4. The van der Waals surface area contributed by atoms with Crippen LogP contribution in [-0.2, 0) is 21.4 Å². The summed E-state index contributed by atoms with van der Waals surface area (Å²) >= 11 is 7.22. The lowest BCUT2D eigenvalue weighted by Gasteiger charge is -2.21. The average Bonchev–Trinajstić information content (AvgIpc) is 2.55. The largest absolute Gasteiger partial charge is 0.324 e. The molecular weight excluding hydrogens is 368 g/mol. The molecule has 2 aromatic carbocycles. The molecule has 0 aromatic heterocycles. The molecular formula is C16H15ClN2O3S2. The lowest BCUT2D eigenvalue weighted by atomic mass is 10.2. The number of sulfonamides is 1. The number of rotatable bonds is 4. The van der Waals surface area contributed by atoms with E-state index in [0.717, 1.165) is 10.5 Å². The summed E-state index contributed by atoms with van der Waals surface area (Å²) in [5.41, 5.74) is 1.33. The van der Waals surface area contributed by atoms with Gasteiger partial charge in [0, 0.05) is 16.5 Å². The van der Waals surface area contributed by atoms with Crippen molar-refractivity contribution in [1.82, 2.24) is 4.72 Å². The lowest BCUT2D eigenvalue weighted by molar-refractivity contribution is -0.115. The fourth-order valence-corrected chi connectivity index (χ4v) is 4.32. The smallest absolute Gasteiger partial charge is 0.240 e. The first-order valence-corrected chi connectivity index (χ1v) is 9.95. The molecule has 2 N–H and O–H groups in total. The molecule has 0 spiro atoms. The first-order valence-electron chi connectivity index (χ1n) is 7.21. The van der Waals surface area contributed by atoms with Crippen LogP contribution in [0.5, 0.6) is 0 Å². The topological polar surface area (TPSA) is 75.3 Å². The first-order chi connectivity index (χ1) is 11.3. The van der Waals surface area contributed by atoms with Gasteiger partial charge in [-0.15, -0.1) is 11.8 Å². The molecule has 8 heteroatoms. The number of hydrogen-bond acceptors (Lipinski definition) is 4. The summed E-state index contributed by atoms with van der Waals surface area (Å²) in [6.07, 6.45) is 0. The molecule has 2 aromatic rings. The molecule has 1 aliphatic rings. The Morgan fingerprint density at radius 2 is 1.92 bits per heavy atom. The van der Waals surface area contributed by atoms with Crippen LogP contribution in [0.2, 0.25) is 5.02 Å². The molecule has 1 aliphatic heterocycles. The summed E-state index contributed by atoms with van der Waals surface area (Å²) < 4.78 is 27.4. The number of carbonyl (C=O) groups excluding carboxylic acids is 1. The highest BCUT2D eigenvalue weighted by Crippen LogP contribution is 2.36. The summed E-state index contributed by atoms with van der Waals surface area (Å²) in [6, 6.07) is 11.7. The van der Waals surface area contributed by atoms with Gasteiger partial charge in [-0.05, 0) is 42.8 Å². The summed E-state index contributed by atoms with van der Waals surface area (Å²) in [6.45, 7) is 1.97. The van der Waals surface area contributed by atoms with Crippen molar-refractivity contribution in [2.45, 2.75) is 28.5 Å². The van der Waals surface area contributed by atoms with E-state index in [1.165, 1.54) is 17.8 Å². The molecule has 0 saturated heterocycles. The van der Waals surface area contributed by atoms with Crippen LogP contribution < -0.4 is 10.0 Å². The Kier molecular flexibility index (Phi) is 4.87. The highest BCUT2D eigenvalue weighted by molar-refractivity contribution is 8.01. The van der Waals surface area contributed by atoms with Crippen molar-refractivity contribution >= 4 is 45.0 Å². The van der Waals surface area contributed by atoms with Crippen molar-refractivity contribution in [3.8, 4) is 0 Å². The van der Waals surface area contributed by atoms with Crippen molar-refractivity contribution in [2.75, 3.05) is 5.32 Å². The Morgan fingerprint density at radius 1 is 1.21 bits per heavy atom. The molecule has 0 unspecified atom stereocenters. The van der Waals surface area contributed by atoms with E-state index in [0.29, 0.717) is 10.7 Å². The first kappa shape index (κ1) is 17.3. The monoisotopic (exact) mass is 382 g/mol. The van der Waals surface area contributed by atoms with Crippen molar-refractivity contribution in [1.29, 1.82) is 0 Å². The van der Waals surface area contributed by atoms with Crippen molar-refractivity contribution in [3.63, 3.8) is 0 Å². The predicted octanol–water partition coefficient (Wildman–Crippen LogP) is 3.25. The third-order valence-corrected chi connectivity index (χ3v) is 6.40. The standard InChI is InChI=1S/C16H15ClN2O3S2/c1-10-16(20)19-14-8-13(6-7-15(14)23-10)24(21,22)18-9-11-2-4-12(17)5-3-11/h2-8,10,18H,9H2,1H3,(H,19,20)/t10-/m1/s1. The molecule has 0 fully saturated rings. The third kappa shape index (κ3) is 3.75. The summed E-state index contributed by atoms with van der Waals surface area (Å²) in [5.74, 6) is -0.129. The number of hydrogen-bond donors (Lipinski definition) is 2. The molecule has 0 aliphatic carbocycles. The zero-order valence-electron chi connectivity index (χ0n) is 12.7. The van der Waals surface area contributed by atoms with Gasteiger partial charge in [-0.25, -0.2) is 13.1 Å². The van der Waals surface area contributed by atoms with E-state index in [1.54, 1.807) is 43.3 Å². The predicted molar refractivity (Wildman–Crippen MR) is 95.9 cm³/mol. The zero-order chi connectivity index (χ0) is 17.3. The minimum atomic E-state index is -3.68. The minimum Gasteiger partial charge on any atom is -0.324 e. The molecule has 1 amide bonds. The van der Waals surface area contributed by atoms with Crippen LogP contribution in [0, 0.1) is 0 Å². The number of nitrogens with one attached hydrogen (secondary N) is 2. The van der Waals surface area contributed by atoms with Gasteiger partial charge >= 0.3 is 0 Å². The number of amides is 1. The maximum Gasteiger partial charge on any atom is 0.240 e. The fourth-order valence-electron chi connectivity index (χ4n) is 2.22. The van der Waals surface area contributed by atoms with Crippen LogP contribution >= 0.6 is 23.4 Å². The van der Waals surface area contributed by atoms with Crippen LogP contribution in [-0.4, -0.2) is 19.6 Å². The van der Waals surface area contributed by atoms with Gasteiger partial charge in [-0.3, -0.25) is 4.79 Å². The molecule has 24 heavy (non-hydrogen) atoms. The van der Waals surface area contributed by atoms with Crippen molar-refractivity contribution < 1.29 is 13.2 Å². The van der Waals surface area contributed by atoms with Gasteiger partial charge in [-0.2, -0.15) is 0 Å². The Morgan fingerprint density at radius 3 is 2.62 bits per heavy atom. The van der Waals surface area contributed by atoms with E-state index in [-0.39, 0.29) is 22.6 Å². The minimum absolute atomic E-state index is 0.116. The molecule has 0 saturated carbocycles.